The molecule has 5 nitrogen and oxygen atoms in total. The zero-order chi connectivity index (χ0) is 16.9. The smallest absolute Gasteiger partial charge is 0.416 e. The van der Waals surface area contributed by atoms with E-state index >= 15 is 0 Å². The van der Waals surface area contributed by atoms with Gasteiger partial charge in [0.05, 0.1) is 5.56 Å². The zero-order valence-electron chi connectivity index (χ0n) is 12.3. The molecule has 2 rings (SSSR count). The normalized spacial score (nSPS) is 14.2. The summed E-state index contributed by atoms with van der Waals surface area (Å²) in [5.74, 6) is -0.408. The predicted molar refractivity (Wildman–Crippen MR) is 75.7 cm³/mol. The summed E-state index contributed by atoms with van der Waals surface area (Å²) >= 11 is 0. The number of amides is 2. The molecule has 23 heavy (non-hydrogen) atoms. The SMILES string of the molecule is O=C(COc1cccc(C(F)(F)F)c1)NCCNC(=O)C1CC1. The van der Waals surface area contributed by atoms with E-state index in [0.29, 0.717) is 6.54 Å². The Morgan fingerprint density at radius 1 is 1.17 bits per heavy atom. The molecule has 0 spiro atoms. The number of rotatable bonds is 7. The molecule has 0 aliphatic heterocycles. The van der Waals surface area contributed by atoms with Crippen molar-refractivity contribution in [1.82, 2.24) is 10.6 Å². The summed E-state index contributed by atoms with van der Waals surface area (Å²) in [5.41, 5.74) is -0.835. The number of ether oxygens (including phenoxy) is 1. The van der Waals surface area contributed by atoms with Crippen molar-refractivity contribution >= 4 is 11.8 Å². The third kappa shape index (κ3) is 5.80. The van der Waals surface area contributed by atoms with E-state index in [1.54, 1.807) is 0 Å². The van der Waals surface area contributed by atoms with Crippen molar-refractivity contribution in [2.75, 3.05) is 19.7 Å². The van der Waals surface area contributed by atoms with Gasteiger partial charge in [-0.05, 0) is 31.0 Å². The molecular formula is C15H17F3N2O3. The van der Waals surface area contributed by atoms with Crippen LogP contribution < -0.4 is 15.4 Å². The van der Waals surface area contributed by atoms with Crippen molar-refractivity contribution in [3.8, 4) is 5.75 Å². The van der Waals surface area contributed by atoms with Crippen LogP contribution in [0, 0.1) is 5.92 Å². The van der Waals surface area contributed by atoms with E-state index in [0.717, 1.165) is 25.0 Å². The van der Waals surface area contributed by atoms with Gasteiger partial charge in [-0.3, -0.25) is 9.59 Å². The fourth-order valence-electron chi connectivity index (χ4n) is 1.84. The minimum Gasteiger partial charge on any atom is -0.484 e. The molecule has 0 aromatic heterocycles. The van der Waals surface area contributed by atoms with Crippen LogP contribution in [-0.2, 0) is 15.8 Å². The molecule has 1 saturated carbocycles. The first-order chi connectivity index (χ1) is 10.9. The van der Waals surface area contributed by atoms with E-state index < -0.39 is 24.3 Å². The van der Waals surface area contributed by atoms with E-state index in [1.165, 1.54) is 12.1 Å². The van der Waals surface area contributed by atoms with Crippen molar-refractivity contribution in [2.45, 2.75) is 19.0 Å². The van der Waals surface area contributed by atoms with E-state index in [1.807, 2.05) is 0 Å². The maximum atomic E-state index is 12.5. The lowest BCUT2D eigenvalue weighted by Gasteiger charge is -2.10. The number of carbonyl (C=O) groups excluding carboxylic acids is 2. The van der Waals surface area contributed by atoms with Crippen molar-refractivity contribution in [1.29, 1.82) is 0 Å². The minimum atomic E-state index is -4.46. The first-order valence-corrected chi connectivity index (χ1v) is 7.21. The summed E-state index contributed by atoms with van der Waals surface area (Å²) in [7, 11) is 0. The molecule has 1 aromatic carbocycles. The molecule has 1 aliphatic rings. The van der Waals surface area contributed by atoms with Gasteiger partial charge in [0, 0.05) is 19.0 Å². The number of hydrogen-bond donors (Lipinski definition) is 2. The van der Waals surface area contributed by atoms with Crippen LogP contribution in [0.3, 0.4) is 0 Å². The summed E-state index contributed by atoms with van der Waals surface area (Å²) in [6.07, 6.45) is -2.65. The maximum Gasteiger partial charge on any atom is 0.416 e. The summed E-state index contributed by atoms with van der Waals surface area (Å²) < 4.78 is 42.6. The van der Waals surface area contributed by atoms with Crippen molar-refractivity contribution in [3.05, 3.63) is 29.8 Å². The van der Waals surface area contributed by atoms with Gasteiger partial charge in [0.25, 0.3) is 5.91 Å². The predicted octanol–water partition coefficient (Wildman–Crippen LogP) is 1.73. The summed E-state index contributed by atoms with van der Waals surface area (Å²) in [6, 6.07) is 4.32. The van der Waals surface area contributed by atoms with Crippen LogP contribution in [0.1, 0.15) is 18.4 Å². The second-order valence-corrected chi connectivity index (χ2v) is 5.23. The standard InChI is InChI=1S/C15H17F3N2O3/c16-15(17,18)11-2-1-3-12(8-11)23-9-13(21)19-6-7-20-14(22)10-4-5-10/h1-3,8,10H,4-7,9H2,(H,19,21)(H,20,22). The van der Waals surface area contributed by atoms with Gasteiger partial charge in [-0.25, -0.2) is 0 Å². The number of alkyl halides is 3. The lowest BCUT2D eigenvalue weighted by Crippen LogP contribution is -2.37. The molecule has 1 aromatic rings. The van der Waals surface area contributed by atoms with Crippen molar-refractivity contribution in [2.24, 2.45) is 5.92 Å². The van der Waals surface area contributed by atoms with Crippen LogP contribution in [0.4, 0.5) is 13.2 Å². The van der Waals surface area contributed by atoms with Crippen LogP contribution in [0.25, 0.3) is 0 Å². The first-order valence-electron chi connectivity index (χ1n) is 7.21. The third-order valence-electron chi connectivity index (χ3n) is 3.23. The highest BCUT2D eigenvalue weighted by Gasteiger charge is 2.30. The molecule has 0 atom stereocenters. The molecule has 2 N–H and O–H groups in total. The van der Waals surface area contributed by atoms with E-state index in [9.17, 15) is 22.8 Å². The van der Waals surface area contributed by atoms with Gasteiger partial charge < -0.3 is 15.4 Å². The monoisotopic (exact) mass is 330 g/mol. The number of hydrogen-bond acceptors (Lipinski definition) is 3. The Balaban J connectivity index is 1.66. The van der Waals surface area contributed by atoms with Gasteiger partial charge in [-0.15, -0.1) is 0 Å². The first kappa shape index (κ1) is 17.1. The zero-order valence-corrected chi connectivity index (χ0v) is 12.3. The van der Waals surface area contributed by atoms with E-state index in [4.69, 9.17) is 4.74 Å². The van der Waals surface area contributed by atoms with Gasteiger partial charge in [0.2, 0.25) is 5.91 Å². The minimum absolute atomic E-state index is 0.0144. The van der Waals surface area contributed by atoms with E-state index in [-0.39, 0.29) is 24.1 Å². The second-order valence-electron chi connectivity index (χ2n) is 5.23. The van der Waals surface area contributed by atoms with E-state index in [2.05, 4.69) is 10.6 Å². The molecule has 126 valence electrons. The molecule has 1 aliphatic carbocycles. The number of carbonyl (C=O) groups is 2. The molecule has 8 heteroatoms. The molecule has 0 radical (unpaired) electrons. The second kappa shape index (κ2) is 7.34. The molecule has 0 saturated heterocycles. The highest BCUT2D eigenvalue weighted by Crippen LogP contribution is 2.31. The van der Waals surface area contributed by atoms with Crippen LogP contribution in [0.2, 0.25) is 0 Å². The quantitative estimate of drug-likeness (QED) is 0.748. The Bertz CT molecular complexity index is 571. The number of benzene rings is 1. The Hall–Kier alpha value is -2.25. The van der Waals surface area contributed by atoms with Crippen LogP contribution >= 0.6 is 0 Å². The Kier molecular flexibility index (Phi) is 5.46. The lowest BCUT2D eigenvalue weighted by atomic mass is 10.2. The van der Waals surface area contributed by atoms with Crippen molar-refractivity contribution in [3.63, 3.8) is 0 Å². The summed E-state index contributed by atoms with van der Waals surface area (Å²) in [4.78, 5) is 22.9. The molecule has 0 unspecified atom stereocenters. The average Bonchev–Trinajstić information content (AvgIpc) is 3.33. The van der Waals surface area contributed by atoms with Crippen LogP contribution in [-0.4, -0.2) is 31.5 Å². The van der Waals surface area contributed by atoms with Gasteiger partial charge in [-0.1, -0.05) is 6.07 Å². The molecular weight excluding hydrogens is 313 g/mol. The maximum absolute atomic E-state index is 12.5. The van der Waals surface area contributed by atoms with Crippen molar-refractivity contribution < 1.29 is 27.5 Å². The Morgan fingerprint density at radius 2 is 1.87 bits per heavy atom. The number of nitrogens with one attached hydrogen (secondary N) is 2. The fourth-order valence-corrected chi connectivity index (χ4v) is 1.84. The third-order valence-corrected chi connectivity index (χ3v) is 3.23. The highest BCUT2D eigenvalue weighted by molar-refractivity contribution is 5.81. The molecule has 0 heterocycles. The Morgan fingerprint density at radius 3 is 2.52 bits per heavy atom. The summed E-state index contributed by atoms with van der Waals surface area (Å²) in [6.45, 7) is 0.158. The lowest BCUT2D eigenvalue weighted by molar-refractivity contribution is -0.137. The van der Waals surface area contributed by atoms with Gasteiger partial charge in [0.1, 0.15) is 5.75 Å². The molecule has 0 bridgehead atoms. The number of halogens is 3. The van der Waals surface area contributed by atoms with Crippen LogP contribution in [0.15, 0.2) is 24.3 Å². The van der Waals surface area contributed by atoms with Crippen LogP contribution in [0.5, 0.6) is 5.75 Å². The van der Waals surface area contributed by atoms with Gasteiger partial charge in [-0.2, -0.15) is 13.2 Å². The highest BCUT2D eigenvalue weighted by atomic mass is 19.4. The largest absolute Gasteiger partial charge is 0.484 e. The topological polar surface area (TPSA) is 67.4 Å². The molecule has 2 amide bonds. The average molecular weight is 330 g/mol. The fraction of sp³-hybridized carbons (Fsp3) is 0.467. The van der Waals surface area contributed by atoms with Gasteiger partial charge >= 0.3 is 6.18 Å². The molecule has 1 fully saturated rings. The summed E-state index contributed by atoms with van der Waals surface area (Å²) in [5, 5.41) is 5.19. The van der Waals surface area contributed by atoms with Gasteiger partial charge in [0.15, 0.2) is 6.61 Å². The Labute approximate surface area is 131 Å².